The number of phenolic OH excluding ortho intramolecular Hbond substituents is 1. The SMILES string of the molecule is Oc1ccccc1-c1cccc(-c2[c-]c(-c3ncc4c5c3Oc3ccccc3B5c3ccccc3O4)ccc2)n1.[Pt]. The molecule has 4 aromatic carbocycles. The number of benzene rings is 4. The van der Waals surface area contributed by atoms with Crippen molar-refractivity contribution >= 4 is 23.1 Å². The van der Waals surface area contributed by atoms with Gasteiger partial charge >= 0.3 is 0 Å². The van der Waals surface area contributed by atoms with E-state index in [2.05, 4.69) is 18.2 Å². The molecule has 0 amide bonds. The molecule has 0 saturated heterocycles. The second-order valence-corrected chi connectivity index (χ2v) is 9.83. The van der Waals surface area contributed by atoms with E-state index >= 15 is 0 Å². The number of rotatable bonds is 3. The van der Waals surface area contributed by atoms with Gasteiger partial charge in [0, 0.05) is 43.5 Å². The minimum absolute atomic E-state index is 0. The number of ether oxygens (including phenoxy) is 2. The smallest absolute Gasteiger partial charge is 0.259 e. The molecule has 0 spiro atoms. The zero-order valence-electron chi connectivity index (χ0n) is 21.5. The van der Waals surface area contributed by atoms with E-state index in [1.807, 2.05) is 84.9 Å². The molecule has 0 bridgehead atoms. The monoisotopic (exact) mass is 710 g/mol. The van der Waals surface area contributed by atoms with Gasteiger partial charge in [0.25, 0.3) is 6.71 Å². The van der Waals surface area contributed by atoms with Gasteiger partial charge < -0.3 is 14.6 Å². The third kappa shape index (κ3) is 4.14. The number of nitrogens with zero attached hydrogens (tertiary/aromatic N) is 2. The molecule has 6 aromatic rings. The molecular weight excluding hydrogens is 690 g/mol. The largest absolute Gasteiger partial charge is 0.507 e. The first kappa shape index (κ1) is 25.3. The molecule has 0 fully saturated rings. The summed E-state index contributed by atoms with van der Waals surface area (Å²) in [7, 11) is 0. The normalized spacial score (nSPS) is 12.1. The van der Waals surface area contributed by atoms with Gasteiger partial charge in [-0.05, 0) is 41.3 Å². The van der Waals surface area contributed by atoms with Crippen molar-refractivity contribution in [3.8, 4) is 62.5 Å². The van der Waals surface area contributed by atoms with E-state index < -0.39 is 0 Å². The fourth-order valence-electron chi connectivity index (χ4n) is 5.65. The van der Waals surface area contributed by atoms with E-state index in [0.29, 0.717) is 28.5 Å². The van der Waals surface area contributed by atoms with Gasteiger partial charge in [-0.3, -0.25) is 9.97 Å². The van der Waals surface area contributed by atoms with Gasteiger partial charge in [0.05, 0.1) is 11.9 Å². The van der Waals surface area contributed by atoms with E-state index in [-0.39, 0.29) is 33.5 Å². The molecule has 0 radical (unpaired) electrons. The fraction of sp³-hybridized carbons (Fsp3) is 0. The molecule has 5 nitrogen and oxygen atoms in total. The van der Waals surface area contributed by atoms with Crippen molar-refractivity contribution < 1.29 is 35.6 Å². The molecule has 8 rings (SSSR count). The number of fused-ring (bicyclic) bond motifs is 4. The van der Waals surface area contributed by atoms with Crippen LogP contribution in [0.2, 0.25) is 0 Å². The van der Waals surface area contributed by atoms with Gasteiger partial charge in [0.15, 0.2) is 0 Å². The summed E-state index contributed by atoms with van der Waals surface area (Å²) in [4.78, 5) is 9.66. The first-order chi connectivity index (χ1) is 19.7. The fourth-order valence-corrected chi connectivity index (χ4v) is 5.65. The average Bonchev–Trinajstić information content (AvgIpc) is 3.01. The van der Waals surface area contributed by atoms with Crippen molar-refractivity contribution in [3.63, 3.8) is 0 Å². The summed E-state index contributed by atoms with van der Waals surface area (Å²) < 4.78 is 12.9. The minimum atomic E-state index is -0.0262. The summed E-state index contributed by atoms with van der Waals surface area (Å²) in [6, 6.07) is 38.7. The van der Waals surface area contributed by atoms with Crippen molar-refractivity contribution in [1.82, 2.24) is 9.97 Å². The maximum absolute atomic E-state index is 10.4. The number of para-hydroxylation sites is 3. The van der Waals surface area contributed by atoms with E-state index in [1.54, 1.807) is 18.3 Å². The zero-order valence-corrected chi connectivity index (χ0v) is 23.8. The topological polar surface area (TPSA) is 64.5 Å². The Kier molecular flexibility index (Phi) is 6.21. The van der Waals surface area contributed by atoms with Crippen molar-refractivity contribution in [3.05, 3.63) is 121 Å². The molecule has 2 aliphatic heterocycles. The van der Waals surface area contributed by atoms with Crippen molar-refractivity contribution in [2.75, 3.05) is 0 Å². The molecule has 2 aromatic heterocycles. The number of phenols is 1. The summed E-state index contributed by atoms with van der Waals surface area (Å²) in [6.45, 7) is -0.0262. The number of pyridine rings is 2. The predicted octanol–water partition coefficient (Wildman–Crippen LogP) is 5.71. The van der Waals surface area contributed by atoms with E-state index in [1.165, 1.54) is 0 Å². The molecule has 7 heteroatoms. The van der Waals surface area contributed by atoms with Crippen LogP contribution in [0.1, 0.15) is 0 Å². The first-order valence-electron chi connectivity index (χ1n) is 13.1. The Morgan fingerprint density at radius 1 is 0.634 bits per heavy atom. The van der Waals surface area contributed by atoms with Crippen molar-refractivity contribution in [2.24, 2.45) is 0 Å². The standard InChI is InChI=1S/C34H20BN2O3.Pt/c38-28-16-4-1-11-23(28)27-15-8-14-26(37-27)21-9-7-10-22(19-21)33-34-32-31(20-36-33)39-29-17-5-2-12-24(29)35(32)25-13-3-6-18-30(25)40-34;/h1-18,20,38H;/q-1;. The third-order valence-corrected chi connectivity index (χ3v) is 7.47. The van der Waals surface area contributed by atoms with Crippen LogP contribution in [0.3, 0.4) is 0 Å². The van der Waals surface area contributed by atoms with Crippen LogP contribution in [0.5, 0.6) is 28.7 Å². The summed E-state index contributed by atoms with van der Waals surface area (Å²) >= 11 is 0. The predicted molar refractivity (Wildman–Crippen MR) is 157 cm³/mol. The van der Waals surface area contributed by atoms with E-state index in [4.69, 9.17) is 19.4 Å². The molecule has 41 heavy (non-hydrogen) atoms. The summed E-state index contributed by atoms with van der Waals surface area (Å²) in [6.07, 6.45) is 1.78. The number of aromatic hydroxyl groups is 1. The Morgan fingerprint density at radius 3 is 2.10 bits per heavy atom. The van der Waals surface area contributed by atoms with Gasteiger partial charge in [-0.15, -0.1) is 24.3 Å². The summed E-state index contributed by atoms with van der Waals surface area (Å²) in [5.74, 6) is 3.22. The molecule has 0 atom stereocenters. The van der Waals surface area contributed by atoms with Gasteiger partial charge in [-0.2, -0.15) is 0 Å². The molecular formula is C34H20BN2O3Pt-. The second kappa shape index (κ2) is 10.1. The number of hydrogen-bond acceptors (Lipinski definition) is 5. The molecule has 2 aliphatic rings. The van der Waals surface area contributed by atoms with Gasteiger partial charge in [0.2, 0.25) is 0 Å². The third-order valence-electron chi connectivity index (χ3n) is 7.47. The van der Waals surface area contributed by atoms with Crippen LogP contribution in [-0.4, -0.2) is 21.8 Å². The molecule has 0 unspecified atom stereocenters. The Bertz CT molecular complexity index is 1950. The molecule has 1 N–H and O–H groups in total. The Balaban J connectivity index is 0.00000276. The maximum Gasteiger partial charge on any atom is 0.259 e. The molecule has 0 saturated carbocycles. The number of hydrogen-bond donors (Lipinski definition) is 1. The first-order valence-corrected chi connectivity index (χ1v) is 13.1. The van der Waals surface area contributed by atoms with E-state index in [9.17, 15) is 5.11 Å². The molecule has 0 aliphatic carbocycles. The Labute approximate surface area is 251 Å². The Morgan fingerprint density at radius 2 is 1.29 bits per heavy atom. The molecule has 4 heterocycles. The van der Waals surface area contributed by atoms with Crippen LogP contribution < -0.4 is 25.9 Å². The van der Waals surface area contributed by atoms with Crippen LogP contribution >= 0.6 is 0 Å². The quantitative estimate of drug-likeness (QED) is 0.188. The van der Waals surface area contributed by atoms with Crippen LogP contribution in [0.25, 0.3) is 33.8 Å². The van der Waals surface area contributed by atoms with Gasteiger partial charge in [-0.25, -0.2) is 0 Å². The van der Waals surface area contributed by atoms with Gasteiger partial charge in [-0.1, -0.05) is 71.8 Å². The summed E-state index contributed by atoms with van der Waals surface area (Å²) in [5.41, 5.74) is 7.60. The van der Waals surface area contributed by atoms with E-state index in [0.717, 1.165) is 44.7 Å². The second-order valence-electron chi connectivity index (χ2n) is 9.83. The van der Waals surface area contributed by atoms with Gasteiger partial charge in [0.1, 0.15) is 28.7 Å². The van der Waals surface area contributed by atoms with Crippen LogP contribution in [0.15, 0.2) is 115 Å². The molecule has 198 valence electrons. The van der Waals surface area contributed by atoms with Crippen LogP contribution in [0.4, 0.5) is 0 Å². The number of aromatic nitrogens is 2. The van der Waals surface area contributed by atoms with Crippen LogP contribution in [0, 0.1) is 6.07 Å². The zero-order chi connectivity index (χ0) is 26.6. The van der Waals surface area contributed by atoms with Crippen LogP contribution in [-0.2, 0) is 21.1 Å². The summed E-state index contributed by atoms with van der Waals surface area (Å²) in [5, 5.41) is 10.4. The minimum Gasteiger partial charge on any atom is -0.507 e. The van der Waals surface area contributed by atoms with Crippen molar-refractivity contribution in [1.29, 1.82) is 0 Å². The average molecular weight is 710 g/mol. The van der Waals surface area contributed by atoms with Crippen molar-refractivity contribution in [2.45, 2.75) is 0 Å². The Hall–Kier alpha value is -4.67. The maximum atomic E-state index is 10.4.